The summed E-state index contributed by atoms with van der Waals surface area (Å²) in [7, 11) is 0. The Hall–Kier alpha value is -1.10. The molecule has 5 heteroatoms. The molecule has 0 aliphatic heterocycles. The Kier molecular flexibility index (Phi) is 2.59. The fourth-order valence-corrected chi connectivity index (χ4v) is 5.43. The molecule has 0 spiro atoms. The number of anilines is 1. The maximum Gasteiger partial charge on any atom is 0.239 e. The summed E-state index contributed by atoms with van der Waals surface area (Å²) in [5.74, 6) is 5.61. The van der Waals surface area contributed by atoms with Crippen molar-refractivity contribution >= 4 is 5.95 Å². The van der Waals surface area contributed by atoms with Gasteiger partial charge in [0.1, 0.15) is 5.82 Å². The minimum absolute atomic E-state index is 0.211. The van der Waals surface area contributed by atoms with Crippen molar-refractivity contribution in [2.45, 2.75) is 44.6 Å². The largest absolute Gasteiger partial charge is 0.367 e. The van der Waals surface area contributed by atoms with Gasteiger partial charge in [0.25, 0.3) is 0 Å². The van der Waals surface area contributed by atoms with E-state index >= 15 is 0 Å². The van der Waals surface area contributed by atoms with Crippen LogP contribution in [-0.2, 0) is 6.42 Å². The van der Waals surface area contributed by atoms with E-state index in [9.17, 15) is 0 Å². The molecule has 19 heavy (non-hydrogen) atoms. The molecule has 5 N–H and O–H groups in total. The van der Waals surface area contributed by atoms with Crippen molar-refractivity contribution in [3.8, 4) is 0 Å². The summed E-state index contributed by atoms with van der Waals surface area (Å²) in [6, 6.07) is 0.211. The van der Waals surface area contributed by atoms with E-state index in [1.165, 1.54) is 32.1 Å². The average molecular weight is 261 g/mol. The first-order valence-electron chi connectivity index (χ1n) is 7.61. The Morgan fingerprint density at radius 2 is 1.74 bits per heavy atom. The number of nitrogens with two attached hydrogens (primary N) is 2. The van der Waals surface area contributed by atoms with Gasteiger partial charge in [0.05, 0.1) is 0 Å². The third-order valence-corrected chi connectivity index (χ3v) is 5.77. The van der Waals surface area contributed by atoms with Crippen molar-refractivity contribution < 1.29 is 0 Å². The summed E-state index contributed by atoms with van der Waals surface area (Å²) >= 11 is 0. The lowest BCUT2D eigenvalue weighted by Crippen LogP contribution is -2.52. The molecule has 4 aliphatic rings. The van der Waals surface area contributed by atoms with Crippen molar-refractivity contribution in [2.24, 2.45) is 35.3 Å². The molecule has 0 saturated heterocycles. The molecule has 0 aromatic carbocycles. The summed E-state index contributed by atoms with van der Waals surface area (Å²) in [4.78, 5) is 4.19. The summed E-state index contributed by atoms with van der Waals surface area (Å²) < 4.78 is 0. The Bertz CT molecular complexity index is 440. The van der Waals surface area contributed by atoms with Crippen LogP contribution in [0.1, 0.15) is 37.9 Å². The van der Waals surface area contributed by atoms with E-state index in [1.807, 2.05) is 0 Å². The van der Waals surface area contributed by atoms with Crippen molar-refractivity contribution in [3.63, 3.8) is 0 Å². The highest BCUT2D eigenvalue weighted by Gasteiger charge is 2.49. The minimum atomic E-state index is 0.211. The Morgan fingerprint density at radius 3 is 2.26 bits per heavy atom. The molecule has 4 aliphatic carbocycles. The van der Waals surface area contributed by atoms with Gasteiger partial charge in [-0.05, 0) is 61.7 Å². The summed E-state index contributed by atoms with van der Waals surface area (Å²) in [6.45, 7) is 0. The second-order valence-electron chi connectivity index (χ2n) is 7.02. The van der Waals surface area contributed by atoms with Gasteiger partial charge in [0, 0.05) is 12.5 Å². The molecule has 1 atom stereocenters. The van der Waals surface area contributed by atoms with Crippen LogP contribution >= 0.6 is 0 Å². The van der Waals surface area contributed by atoms with E-state index in [1.54, 1.807) is 0 Å². The van der Waals surface area contributed by atoms with Gasteiger partial charge in [-0.2, -0.15) is 4.98 Å². The van der Waals surface area contributed by atoms with Gasteiger partial charge in [-0.15, -0.1) is 5.10 Å². The predicted molar refractivity (Wildman–Crippen MR) is 73.0 cm³/mol. The second kappa shape index (κ2) is 4.20. The van der Waals surface area contributed by atoms with Crippen molar-refractivity contribution in [1.82, 2.24) is 15.2 Å². The molecule has 1 aromatic rings. The van der Waals surface area contributed by atoms with Crippen LogP contribution in [0.2, 0.25) is 0 Å². The van der Waals surface area contributed by atoms with Gasteiger partial charge in [-0.3, -0.25) is 5.10 Å². The van der Waals surface area contributed by atoms with Gasteiger partial charge in [0.15, 0.2) is 0 Å². The summed E-state index contributed by atoms with van der Waals surface area (Å²) in [5.41, 5.74) is 12.1. The number of aromatic nitrogens is 3. The molecule has 4 fully saturated rings. The minimum Gasteiger partial charge on any atom is -0.367 e. The van der Waals surface area contributed by atoms with E-state index in [-0.39, 0.29) is 6.04 Å². The number of nitrogen functional groups attached to an aromatic ring is 1. The van der Waals surface area contributed by atoms with Gasteiger partial charge in [-0.25, -0.2) is 0 Å². The Labute approximate surface area is 113 Å². The average Bonchev–Trinajstić information content (AvgIpc) is 2.73. The molecule has 5 rings (SSSR count). The smallest absolute Gasteiger partial charge is 0.239 e. The van der Waals surface area contributed by atoms with Crippen LogP contribution in [0.25, 0.3) is 0 Å². The fraction of sp³-hybridized carbons (Fsp3) is 0.857. The molecule has 1 unspecified atom stereocenters. The molecule has 1 heterocycles. The molecule has 1 aromatic heterocycles. The number of nitrogens with zero attached hydrogens (tertiary/aromatic N) is 2. The number of nitrogens with one attached hydrogen (secondary N) is 1. The Balaban J connectivity index is 1.49. The first-order chi connectivity index (χ1) is 9.19. The van der Waals surface area contributed by atoms with Crippen LogP contribution in [0.5, 0.6) is 0 Å². The normalized spacial score (nSPS) is 41.6. The van der Waals surface area contributed by atoms with E-state index < -0.39 is 0 Å². The predicted octanol–water partition coefficient (Wildman–Crippen LogP) is 1.33. The van der Waals surface area contributed by atoms with Gasteiger partial charge in [-0.1, -0.05) is 0 Å². The Morgan fingerprint density at radius 1 is 1.11 bits per heavy atom. The molecular formula is C14H23N5. The monoisotopic (exact) mass is 261 g/mol. The standard InChI is InChI=1S/C14H23N5/c15-11(6-12-17-14(16)19-18-12)13-9-2-7-1-8(4-9)5-10(13)3-7/h7-11,13H,1-6,15H2,(H3,16,17,18,19). The zero-order chi connectivity index (χ0) is 13.0. The maximum atomic E-state index is 6.51. The number of hydrogen-bond acceptors (Lipinski definition) is 4. The van der Waals surface area contributed by atoms with E-state index in [4.69, 9.17) is 11.5 Å². The van der Waals surface area contributed by atoms with E-state index in [0.717, 1.165) is 35.9 Å². The molecule has 104 valence electrons. The molecule has 0 radical (unpaired) electrons. The summed E-state index contributed by atoms with van der Waals surface area (Å²) in [5, 5.41) is 6.78. The molecule has 4 saturated carbocycles. The summed E-state index contributed by atoms with van der Waals surface area (Å²) in [6.07, 6.45) is 7.96. The number of hydrogen-bond donors (Lipinski definition) is 3. The van der Waals surface area contributed by atoms with Crippen LogP contribution in [0.3, 0.4) is 0 Å². The topological polar surface area (TPSA) is 93.6 Å². The van der Waals surface area contributed by atoms with E-state index in [2.05, 4.69) is 15.2 Å². The highest BCUT2D eigenvalue weighted by molar-refractivity contribution is 5.13. The lowest BCUT2D eigenvalue weighted by Gasteiger charge is -2.56. The maximum absolute atomic E-state index is 6.51. The third-order valence-electron chi connectivity index (χ3n) is 5.77. The third kappa shape index (κ3) is 1.95. The zero-order valence-electron chi connectivity index (χ0n) is 11.3. The van der Waals surface area contributed by atoms with Crippen LogP contribution < -0.4 is 11.5 Å². The highest BCUT2D eigenvalue weighted by Crippen LogP contribution is 2.57. The second-order valence-corrected chi connectivity index (χ2v) is 7.02. The van der Waals surface area contributed by atoms with Crippen LogP contribution in [-0.4, -0.2) is 21.2 Å². The van der Waals surface area contributed by atoms with Crippen molar-refractivity contribution in [2.75, 3.05) is 5.73 Å². The number of H-pyrrole nitrogens is 1. The number of aromatic amines is 1. The fourth-order valence-electron chi connectivity index (χ4n) is 5.43. The van der Waals surface area contributed by atoms with Crippen LogP contribution in [0.4, 0.5) is 5.95 Å². The van der Waals surface area contributed by atoms with Crippen molar-refractivity contribution in [1.29, 1.82) is 0 Å². The molecular weight excluding hydrogens is 238 g/mol. The lowest BCUT2D eigenvalue weighted by molar-refractivity contribution is -0.0466. The van der Waals surface area contributed by atoms with Crippen molar-refractivity contribution in [3.05, 3.63) is 5.82 Å². The quantitative estimate of drug-likeness (QED) is 0.765. The molecule has 0 amide bonds. The van der Waals surface area contributed by atoms with Gasteiger partial charge in [0.2, 0.25) is 5.95 Å². The first kappa shape index (κ1) is 11.7. The van der Waals surface area contributed by atoms with Gasteiger partial charge >= 0.3 is 0 Å². The SMILES string of the molecule is Nc1n[nH]c(CC(N)C2C3CC4CC(C3)CC2C4)n1. The zero-order valence-corrected chi connectivity index (χ0v) is 11.3. The van der Waals surface area contributed by atoms with Crippen LogP contribution in [0, 0.1) is 29.6 Å². The number of rotatable bonds is 3. The highest BCUT2D eigenvalue weighted by atomic mass is 15.3. The van der Waals surface area contributed by atoms with Gasteiger partial charge < -0.3 is 11.5 Å². The molecule has 4 bridgehead atoms. The van der Waals surface area contributed by atoms with Crippen LogP contribution in [0.15, 0.2) is 0 Å². The van der Waals surface area contributed by atoms with E-state index in [0.29, 0.717) is 11.9 Å². The lowest BCUT2D eigenvalue weighted by atomic mass is 9.50. The first-order valence-corrected chi connectivity index (χ1v) is 7.61. The molecule has 5 nitrogen and oxygen atoms in total.